The number of para-hydroxylation sites is 1. The minimum absolute atomic E-state index is 0.159. The van der Waals surface area contributed by atoms with Gasteiger partial charge in [-0.15, -0.1) is 10.2 Å². The van der Waals surface area contributed by atoms with Crippen LogP contribution in [0, 0.1) is 5.92 Å². The van der Waals surface area contributed by atoms with E-state index in [0.29, 0.717) is 34.6 Å². The van der Waals surface area contributed by atoms with Gasteiger partial charge in [0.1, 0.15) is 35.1 Å². The number of nitrogens with zero attached hydrogens (tertiary/aromatic N) is 5. The molecular formula is C24H30ClN5O6S. The van der Waals surface area contributed by atoms with Crippen LogP contribution in [0.1, 0.15) is 49.9 Å². The third-order valence-electron chi connectivity index (χ3n) is 6.49. The van der Waals surface area contributed by atoms with Gasteiger partial charge in [0, 0.05) is 26.1 Å². The third-order valence-corrected chi connectivity index (χ3v) is 8.73. The molecule has 3 heterocycles. The summed E-state index contributed by atoms with van der Waals surface area (Å²) in [6, 6.07) is 5.31. The lowest BCUT2D eigenvalue weighted by atomic mass is 10.0. The number of halogens is 1. The van der Waals surface area contributed by atoms with E-state index >= 15 is 0 Å². The standard InChI is InChI=1S/C24H30ClN5O6S/c1-14-9-10-36-21(14)24-29-28-19(30(24)20-17(33-3)7-6-8-18(20)34-4)13-37(31,32)15(2)22(35-5)23-26-11-16(25)12-27-23/h6-8,11-12,14-15,21-22H,9-10,13H2,1-5H3/t14-,15+,21+,22+/m1/s1. The van der Waals surface area contributed by atoms with Gasteiger partial charge in [-0.1, -0.05) is 24.6 Å². The van der Waals surface area contributed by atoms with Crippen LogP contribution in [0.4, 0.5) is 0 Å². The molecule has 0 spiro atoms. The maximum atomic E-state index is 13.7. The summed E-state index contributed by atoms with van der Waals surface area (Å²) in [7, 11) is 0.616. The van der Waals surface area contributed by atoms with Crippen molar-refractivity contribution < 1.29 is 27.4 Å². The summed E-state index contributed by atoms with van der Waals surface area (Å²) in [5.41, 5.74) is 0.498. The zero-order valence-electron chi connectivity index (χ0n) is 21.3. The van der Waals surface area contributed by atoms with Crippen LogP contribution in [0.2, 0.25) is 5.02 Å². The van der Waals surface area contributed by atoms with Crippen molar-refractivity contribution in [3.05, 3.63) is 53.1 Å². The number of sulfone groups is 1. The highest BCUT2D eigenvalue weighted by molar-refractivity contribution is 7.91. The zero-order chi connectivity index (χ0) is 26.7. The van der Waals surface area contributed by atoms with Gasteiger partial charge in [0.2, 0.25) is 0 Å². The van der Waals surface area contributed by atoms with Crippen LogP contribution in [0.25, 0.3) is 5.69 Å². The summed E-state index contributed by atoms with van der Waals surface area (Å²) >= 11 is 5.90. The molecule has 0 bridgehead atoms. The van der Waals surface area contributed by atoms with Crippen molar-refractivity contribution >= 4 is 21.4 Å². The van der Waals surface area contributed by atoms with E-state index in [4.69, 9.17) is 30.5 Å². The number of hydrogen-bond donors (Lipinski definition) is 0. The van der Waals surface area contributed by atoms with E-state index in [-0.39, 0.29) is 23.7 Å². The predicted octanol–water partition coefficient (Wildman–Crippen LogP) is 3.52. The summed E-state index contributed by atoms with van der Waals surface area (Å²) in [5, 5.41) is 8.04. The highest BCUT2D eigenvalue weighted by Gasteiger charge is 2.37. The number of hydrogen-bond acceptors (Lipinski definition) is 10. The summed E-state index contributed by atoms with van der Waals surface area (Å²) < 4.78 is 51.8. The Balaban J connectivity index is 1.80. The van der Waals surface area contributed by atoms with Crippen LogP contribution in [-0.4, -0.2) is 66.3 Å². The second kappa shape index (κ2) is 11.3. The molecule has 1 saturated heterocycles. The molecule has 1 aliphatic heterocycles. The van der Waals surface area contributed by atoms with E-state index in [0.717, 1.165) is 6.42 Å². The lowest BCUT2D eigenvalue weighted by Crippen LogP contribution is -2.30. The molecular weight excluding hydrogens is 522 g/mol. The SMILES string of the molecule is COc1cccc(OC)c1-n1c(CS(=O)(=O)[C@@H](C)[C@H](OC)c2ncc(Cl)cn2)nnc1[C@H]1OCC[C@H]1C. The summed E-state index contributed by atoms with van der Waals surface area (Å²) in [4.78, 5) is 8.30. The van der Waals surface area contributed by atoms with Crippen LogP contribution in [0.5, 0.6) is 11.5 Å². The minimum atomic E-state index is -3.86. The minimum Gasteiger partial charge on any atom is -0.494 e. The molecule has 0 N–H and O–H groups in total. The number of ether oxygens (including phenoxy) is 4. The average molecular weight is 552 g/mol. The average Bonchev–Trinajstić information content (AvgIpc) is 3.49. The van der Waals surface area contributed by atoms with E-state index in [2.05, 4.69) is 27.1 Å². The fourth-order valence-electron chi connectivity index (χ4n) is 4.41. The molecule has 37 heavy (non-hydrogen) atoms. The largest absolute Gasteiger partial charge is 0.494 e. The summed E-state index contributed by atoms with van der Waals surface area (Å²) in [5.74, 6) is 1.56. The Morgan fingerprint density at radius 3 is 2.32 bits per heavy atom. The Morgan fingerprint density at radius 1 is 1.14 bits per heavy atom. The Bertz CT molecular complexity index is 1310. The van der Waals surface area contributed by atoms with Gasteiger partial charge >= 0.3 is 0 Å². The Kier molecular flexibility index (Phi) is 8.32. The van der Waals surface area contributed by atoms with Gasteiger partial charge < -0.3 is 18.9 Å². The number of benzene rings is 1. The number of methoxy groups -OCH3 is 3. The molecule has 4 rings (SSSR count). The maximum absolute atomic E-state index is 13.7. The first kappa shape index (κ1) is 27.2. The molecule has 0 aliphatic carbocycles. The molecule has 4 atom stereocenters. The molecule has 1 fully saturated rings. The predicted molar refractivity (Wildman–Crippen MR) is 136 cm³/mol. The van der Waals surface area contributed by atoms with Crippen molar-refractivity contribution in [2.45, 2.75) is 43.5 Å². The van der Waals surface area contributed by atoms with Gasteiger partial charge in [0.05, 0.1) is 24.5 Å². The van der Waals surface area contributed by atoms with Crippen LogP contribution in [0.15, 0.2) is 30.6 Å². The topological polar surface area (TPSA) is 128 Å². The molecule has 1 aliphatic rings. The van der Waals surface area contributed by atoms with Crippen molar-refractivity contribution in [1.29, 1.82) is 0 Å². The van der Waals surface area contributed by atoms with Crippen LogP contribution in [-0.2, 0) is 25.1 Å². The van der Waals surface area contributed by atoms with E-state index in [1.807, 2.05) is 0 Å². The second-order valence-corrected chi connectivity index (χ2v) is 11.6. The molecule has 3 aromatic rings. The quantitative estimate of drug-likeness (QED) is 0.369. The van der Waals surface area contributed by atoms with Crippen molar-refractivity contribution in [2.24, 2.45) is 5.92 Å². The van der Waals surface area contributed by atoms with Gasteiger partial charge in [-0.25, -0.2) is 18.4 Å². The molecule has 0 saturated carbocycles. The summed E-state index contributed by atoms with van der Waals surface area (Å²) in [6.45, 7) is 4.18. The Labute approximate surface area is 221 Å². The zero-order valence-corrected chi connectivity index (χ0v) is 22.9. The van der Waals surface area contributed by atoms with Crippen molar-refractivity contribution in [3.8, 4) is 17.2 Å². The van der Waals surface area contributed by atoms with Crippen molar-refractivity contribution in [1.82, 2.24) is 24.7 Å². The smallest absolute Gasteiger partial charge is 0.167 e. The van der Waals surface area contributed by atoms with Gasteiger partial charge in [0.25, 0.3) is 0 Å². The molecule has 2 aromatic heterocycles. The van der Waals surface area contributed by atoms with E-state index in [9.17, 15) is 8.42 Å². The van der Waals surface area contributed by atoms with E-state index in [1.165, 1.54) is 33.7 Å². The second-order valence-electron chi connectivity index (χ2n) is 8.81. The normalized spacial score (nSPS) is 19.5. The van der Waals surface area contributed by atoms with E-state index < -0.39 is 26.9 Å². The van der Waals surface area contributed by atoms with Crippen molar-refractivity contribution in [3.63, 3.8) is 0 Å². The number of aromatic nitrogens is 5. The molecule has 11 nitrogen and oxygen atoms in total. The highest BCUT2D eigenvalue weighted by atomic mass is 35.5. The lowest BCUT2D eigenvalue weighted by molar-refractivity contribution is 0.0856. The molecule has 13 heteroatoms. The summed E-state index contributed by atoms with van der Waals surface area (Å²) in [6.07, 6.45) is 2.35. The first-order chi connectivity index (χ1) is 17.7. The van der Waals surface area contributed by atoms with Gasteiger partial charge in [-0.2, -0.15) is 0 Å². The first-order valence-corrected chi connectivity index (χ1v) is 13.8. The Hall–Kier alpha value is -2.80. The Morgan fingerprint density at radius 2 is 1.78 bits per heavy atom. The van der Waals surface area contributed by atoms with Gasteiger partial charge in [-0.05, 0) is 31.4 Å². The molecule has 0 radical (unpaired) electrons. The first-order valence-electron chi connectivity index (χ1n) is 11.7. The molecule has 0 amide bonds. The van der Waals surface area contributed by atoms with Crippen LogP contribution in [0.3, 0.4) is 0 Å². The van der Waals surface area contributed by atoms with Crippen molar-refractivity contribution in [2.75, 3.05) is 27.9 Å². The third kappa shape index (κ3) is 5.42. The van der Waals surface area contributed by atoms with Crippen LogP contribution >= 0.6 is 11.6 Å². The molecule has 200 valence electrons. The van der Waals surface area contributed by atoms with Gasteiger partial charge in [-0.3, -0.25) is 4.57 Å². The van der Waals surface area contributed by atoms with Crippen LogP contribution < -0.4 is 9.47 Å². The maximum Gasteiger partial charge on any atom is 0.167 e. The molecule has 0 unspecified atom stereocenters. The monoisotopic (exact) mass is 551 g/mol. The van der Waals surface area contributed by atoms with Gasteiger partial charge in [0.15, 0.2) is 27.3 Å². The fraction of sp³-hybridized carbons (Fsp3) is 0.500. The highest BCUT2D eigenvalue weighted by Crippen LogP contribution is 2.40. The lowest BCUT2D eigenvalue weighted by Gasteiger charge is -2.23. The number of rotatable bonds is 10. The van der Waals surface area contributed by atoms with E-state index in [1.54, 1.807) is 29.7 Å². The fourth-order valence-corrected chi connectivity index (χ4v) is 5.92. The molecule has 1 aromatic carbocycles.